The number of nitrogens with zero attached hydrogens (tertiary/aromatic N) is 1. The Morgan fingerprint density at radius 3 is 1.88 bits per heavy atom. The molecule has 4 aromatic rings. The van der Waals surface area contributed by atoms with E-state index in [0.29, 0.717) is 19.4 Å². The summed E-state index contributed by atoms with van der Waals surface area (Å²) in [5.41, 5.74) is 3.63. The SMILES string of the molecule is O=C(NCCc1ccccc1)[C@H](c1ccccc1)N(Cc1ccccc1)C(=O)CCc1ccc(S(=O)(=O)NC2CC2)cc1. The van der Waals surface area contributed by atoms with Gasteiger partial charge in [0.25, 0.3) is 0 Å². The molecule has 222 valence electrons. The van der Waals surface area contributed by atoms with Crippen molar-refractivity contribution in [3.8, 4) is 0 Å². The fourth-order valence-corrected chi connectivity index (χ4v) is 6.31. The number of carbonyl (C=O) groups excluding carboxylic acids is 2. The van der Waals surface area contributed by atoms with Crippen LogP contribution in [-0.4, -0.2) is 37.7 Å². The lowest BCUT2D eigenvalue weighted by molar-refractivity contribution is -0.141. The second-order valence-corrected chi connectivity index (χ2v) is 12.6. The molecule has 0 heterocycles. The summed E-state index contributed by atoms with van der Waals surface area (Å²) in [6, 6.07) is 34.9. The maximum atomic E-state index is 13.9. The first-order valence-electron chi connectivity index (χ1n) is 14.7. The molecule has 2 amide bonds. The van der Waals surface area contributed by atoms with Gasteiger partial charge in [0.05, 0.1) is 4.90 Å². The third-order valence-corrected chi connectivity index (χ3v) is 9.04. The molecule has 0 spiro atoms. The van der Waals surface area contributed by atoms with E-state index < -0.39 is 16.1 Å². The van der Waals surface area contributed by atoms with Crippen LogP contribution in [0, 0.1) is 0 Å². The highest BCUT2D eigenvalue weighted by Crippen LogP contribution is 2.26. The van der Waals surface area contributed by atoms with Crippen LogP contribution >= 0.6 is 0 Å². The Balaban J connectivity index is 1.33. The van der Waals surface area contributed by atoms with E-state index in [1.807, 2.05) is 91.0 Å². The summed E-state index contributed by atoms with van der Waals surface area (Å²) < 4.78 is 27.8. The first kappa shape index (κ1) is 30.2. The van der Waals surface area contributed by atoms with Crippen LogP contribution in [0.5, 0.6) is 0 Å². The van der Waals surface area contributed by atoms with Gasteiger partial charge in [-0.15, -0.1) is 0 Å². The molecule has 0 radical (unpaired) electrons. The minimum Gasteiger partial charge on any atom is -0.354 e. The Bertz CT molecular complexity index is 1590. The molecule has 43 heavy (non-hydrogen) atoms. The number of hydrogen-bond donors (Lipinski definition) is 2. The first-order chi connectivity index (χ1) is 20.9. The van der Waals surface area contributed by atoms with Gasteiger partial charge in [-0.25, -0.2) is 13.1 Å². The fraction of sp³-hybridized carbons (Fsp3) is 0.257. The summed E-state index contributed by atoms with van der Waals surface area (Å²) in [6.07, 6.45) is 3.00. The van der Waals surface area contributed by atoms with Crippen molar-refractivity contribution in [2.45, 2.75) is 55.6 Å². The van der Waals surface area contributed by atoms with E-state index in [1.165, 1.54) is 0 Å². The Morgan fingerprint density at radius 2 is 1.28 bits per heavy atom. The summed E-state index contributed by atoms with van der Waals surface area (Å²) in [5.74, 6) is -0.396. The lowest BCUT2D eigenvalue weighted by Crippen LogP contribution is -2.44. The van der Waals surface area contributed by atoms with Crippen molar-refractivity contribution in [2.24, 2.45) is 0 Å². The van der Waals surface area contributed by atoms with E-state index >= 15 is 0 Å². The maximum Gasteiger partial charge on any atom is 0.247 e. The molecule has 0 saturated heterocycles. The normalized spacial score (nSPS) is 13.7. The van der Waals surface area contributed by atoms with Gasteiger partial charge in [0, 0.05) is 25.6 Å². The number of amides is 2. The number of nitrogens with one attached hydrogen (secondary N) is 2. The molecule has 1 aliphatic rings. The molecule has 0 aromatic heterocycles. The van der Waals surface area contributed by atoms with E-state index in [4.69, 9.17) is 0 Å². The lowest BCUT2D eigenvalue weighted by atomic mass is 10.0. The largest absolute Gasteiger partial charge is 0.354 e. The third-order valence-electron chi connectivity index (χ3n) is 7.51. The van der Waals surface area contributed by atoms with Gasteiger partial charge in [-0.2, -0.15) is 0 Å². The molecule has 1 atom stereocenters. The second-order valence-electron chi connectivity index (χ2n) is 10.9. The molecule has 1 saturated carbocycles. The van der Waals surface area contributed by atoms with Crippen LogP contribution in [0.25, 0.3) is 0 Å². The molecule has 4 aromatic carbocycles. The molecule has 8 heteroatoms. The van der Waals surface area contributed by atoms with Gasteiger partial charge >= 0.3 is 0 Å². The number of aryl methyl sites for hydroxylation is 1. The maximum absolute atomic E-state index is 13.9. The van der Waals surface area contributed by atoms with E-state index in [2.05, 4.69) is 10.0 Å². The van der Waals surface area contributed by atoms with Crippen LogP contribution in [0.4, 0.5) is 0 Å². The zero-order valence-electron chi connectivity index (χ0n) is 24.1. The van der Waals surface area contributed by atoms with Crippen molar-refractivity contribution >= 4 is 21.8 Å². The monoisotopic (exact) mass is 595 g/mol. The van der Waals surface area contributed by atoms with Gasteiger partial charge < -0.3 is 10.2 Å². The summed E-state index contributed by atoms with van der Waals surface area (Å²) >= 11 is 0. The highest BCUT2D eigenvalue weighted by atomic mass is 32.2. The summed E-state index contributed by atoms with van der Waals surface area (Å²) in [6.45, 7) is 0.722. The van der Waals surface area contributed by atoms with Gasteiger partial charge in [0.2, 0.25) is 21.8 Å². The van der Waals surface area contributed by atoms with Crippen LogP contribution in [0.2, 0.25) is 0 Å². The average molecular weight is 596 g/mol. The van der Waals surface area contributed by atoms with Gasteiger partial charge in [-0.05, 0) is 60.1 Å². The molecule has 7 nitrogen and oxygen atoms in total. The van der Waals surface area contributed by atoms with Crippen molar-refractivity contribution in [1.82, 2.24) is 14.9 Å². The highest BCUT2D eigenvalue weighted by Gasteiger charge is 2.31. The Morgan fingerprint density at radius 1 is 0.721 bits per heavy atom. The third kappa shape index (κ3) is 8.63. The predicted octanol–water partition coefficient (Wildman–Crippen LogP) is 5.19. The van der Waals surface area contributed by atoms with Gasteiger partial charge in [0.15, 0.2) is 0 Å². The van der Waals surface area contributed by atoms with Crippen LogP contribution in [0.15, 0.2) is 120 Å². The first-order valence-corrected chi connectivity index (χ1v) is 16.2. The lowest BCUT2D eigenvalue weighted by Gasteiger charge is -2.32. The van der Waals surface area contributed by atoms with Crippen LogP contribution in [-0.2, 0) is 39.0 Å². The highest BCUT2D eigenvalue weighted by molar-refractivity contribution is 7.89. The van der Waals surface area contributed by atoms with E-state index in [-0.39, 0.29) is 35.7 Å². The zero-order chi connectivity index (χ0) is 30.1. The predicted molar refractivity (Wildman–Crippen MR) is 167 cm³/mol. The quantitative estimate of drug-likeness (QED) is 0.210. The molecule has 1 aliphatic carbocycles. The number of benzene rings is 4. The minimum absolute atomic E-state index is 0.0333. The molecule has 0 unspecified atom stereocenters. The van der Waals surface area contributed by atoms with E-state index in [0.717, 1.165) is 35.1 Å². The van der Waals surface area contributed by atoms with Crippen molar-refractivity contribution in [3.05, 3.63) is 138 Å². The Labute approximate surface area is 254 Å². The number of rotatable bonds is 14. The number of carbonyl (C=O) groups is 2. The summed E-state index contributed by atoms with van der Waals surface area (Å²) in [5, 5.41) is 3.07. The van der Waals surface area contributed by atoms with Crippen LogP contribution < -0.4 is 10.0 Å². The van der Waals surface area contributed by atoms with Gasteiger partial charge in [-0.3, -0.25) is 9.59 Å². The molecular formula is C35H37N3O4S. The number of hydrogen-bond acceptors (Lipinski definition) is 4. The van der Waals surface area contributed by atoms with E-state index in [1.54, 1.807) is 29.2 Å². The van der Waals surface area contributed by atoms with Gasteiger partial charge in [-0.1, -0.05) is 103 Å². The average Bonchev–Trinajstić information content (AvgIpc) is 3.85. The zero-order valence-corrected chi connectivity index (χ0v) is 24.9. The standard InChI is InChI=1S/C35H37N3O4S/c39-33(23-18-28-16-21-32(22-17-28)43(41,42)37-31-19-20-31)38(26-29-12-6-2-7-13-29)34(30-14-8-3-9-15-30)35(40)36-25-24-27-10-4-1-5-11-27/h1-17,21-22,31,34,37H,18-20,23-26H2,(H,36,40)/t34-/m0/s1. The molecule has 2 N–H and O–H groups in total. The van der Waals surface area contributed by atoms with E-state index in [9.17, 15) is 18.0 Å². The number of sulfonamides is 1. The second kappa shape index (κ2) is 14.3. The van der Waals surface area contributed by atoms with Crippen molar-refractivity contribution in [1.29, 1.82) is 0 Å². The summed E-state index contributed by atoms with van der Waals surface area (Å²) in [4.78, 5) is 29.6. The topological polar surface area (TPSA) is 95.6 Å². The van der Waals surface area contributed by atoms with Crippen molar-refractivity contribution in [3.63, 3.8) is 0 Å². The van der Waals surface area contributed by atoms with Crippen LogP contribution in [0.1, 0.15) is 47.6 Å². The fourth-order valence-electron chi connectivity index (χ4n) is 5.00. The minimum atomic E-state index is -3.54. The Kier molecular flexibility index (Phi) is 10.0. The van der Waals surface area contributed by atoms with Crippen molar-refractivity contribution < 1.29 is 18.0 Å². The van der Waals surface area contributed by atoms with Gasteiger partial charge in [0.1, 0.15) is 6.04 Å². The molecule has 5 rings (SSSR count). The molecule has 0 aliphatic heterocycles. The molecule has 0 bridgehead atoms. The smallest absolute Gasteiger partial charge is 0.247 e. The Hall–Kier alpha value is -4.27. The van der Waals surface area contributed by atoms with Crippen LogP contribution in [0.3, 0.4) is 0 Å². The van der Waals surface area contributed by atoms with Crippen molar-refractivity contribution in [2.75, 3.05) is 6.54 Å². The molecular weight excluding hydrogens is 558 g/mol. The summed E-state index contributed by atoms with van der Waals surface area (Å²) in [7, 11) is -3.54. The molecule has 1 fully saturated rings.